The Morgan fingerprint density at radius 1 is 0.929 bits per heavy atom. The molecule has 0 radical (unpaired) electrons. The molecule has 4 fully saturated rings. The van der Waals surface area contributed by atoms with Crippen LogP contribution in [0.5, 0.6) is 0 Å². The molecule has 1 atom stereocenters. The lowest BCUT2D eigenvalue weighted by molar-refractivity contribution is -0.140. The van der Waals surface area contributed by atoms with Crippen LogP contribution in [0, 0.1) is 23.7 Å². The molecule has 7 nitrogen and oxygen atoms in total. The Balaban J connectivity index is 1.39. The van der Waals surface area contributed by atoms with Crippen molar-refractivity contribution in [2.24, 2.45) is 23.7 Å². The van der Waals surface area contributed by atoms with Gasteiger partial charge in [0.15, 0.2) is 0 Å². The first kappa shape index (κ1) is 30.6. The molecule has 0 aliphatic heterocycles. The molecule has 1 unspecified atom stereocenters. The van der Waals surface area contributed by atoms with E-state index in [1.54, 1.807) is 0 Å². The third kappa shape index (κ3) is 6.69. The Hall–Kier alpha value is -2.87. The Morgan fingerprint density at radius 3 is 2.00 bits per heavy atom. The van der Waals surface area contributed by atoms with Crippen LogP contribution in [0.25, 0.3) is 0 Å². The van der Waals surface area contributed by atoms with Crippen molar-refractivity contribution in [3.8, 4) is 0 Å². The van der Waals surface area contributed by atoms with Gasteiger partial charge in [-0.1, -0.05) is 63.2 Å². The summed E-state index contributed by atoms with van der Waals surface area (Å²) in [6.45, 7) is 6.28. The summed E-state index contributed by atoms with van der Waals surface area (Å²) in [5.41, 5.74) is 2.88. The van der Waals surface area contributed by atoms with Crippen LogP contribution in [0.2, 0.25) is 0 Å². The minimum Gasteiger partial charge on any atom is -0.354 e. The van der Waals surface area contributed by atoms with Gasteiger partial charge in [0.1, 0.15) is 12.6 Å². The summed E-state index contributed by atoms with van der Waals surface area (Å²) in [4.78, 5) is 28.7. The van der Waals surface area contributed by atoms with Crippen LogP contribution in [0.1, 0.15) is 76.8 Å². The van der Waals surface area contributed by atoms with Crippen molar-refractivity contribution >= 4 is 27.5 Å². The van der Waals surface area contributed by atoms with E-state index in [4.69, 9.17) is 0 Å². The lowest BCUT2D eigenvalue weighted by atomic mass is 9.48. The molecule has 4 saturated carbocycles. The van der Waals surface area contributed by atoms with Gasteiger partial charge in [0.05, 0.1) is 11.9 Å². The SMILES string of the molecule is CCC(C(=O)NCC(C)C)N(Cc1ccccc1)C(=O)CN(c1ccc(C23CC4CC(CC(C4)C2)C3)cc1)S(C)(=O)=O. The fourth-order valence-electron chi connectivity index (χ4n) is 8.18. The van der Waals surface area contributed by atoms with Crippen LogP contribution in [0.15, 0.2) is 54.6 Å². The number of anilines is 1. The van der Waals surface area contributed by atoms with E-state index in [2.05, 4.69) is 17.4 Å². The number of benzene rings is 2. The fraction of sp³-hybridized carbons (Fsp3) is 0.588. The van der Waals surface area contributed by atoms with Crippen molar-refractivity contribution in [1.82, 2.24) is 10.2 Å². The van der Waals surface area contributed by atoms with E-state index < -0.39 is 22.0 Å². The molecule has 0 heterocycles. The summed E-state index contributed by atoms with van der Waals surface area (Å²) >= 11 is 0. The summed E-state index contributed by atoms with van der Waals surface area (Å²) in [7, 11) is -3.77. The number of hydrogen-bond acceptors (Lipinski definition) is 4. The van der Waals surface area contributed by atoms with Crippen LogP contribution in [-0.4, -0.2) is 50.5 Å². The zero-order chi connectivity index (χ0) is 30.1. The number of hydrogen-bond donors (Lipinski definition) is 1. The summed E-state index contributed by atoms with van der Waals surface area (Å²) in [6.07, 6.45) is 9.37. The number of sulfonamides is 1. The topological polar surface area (TPSA) is 86.8 Å². The molecular formula is C34H47N3O4S. The van der Waals surface area contributed by atoms with Crippen LogP contribution in [0.3, 0.4) is 0 Å². The molecule has 2 aromatic rings. The predicted octanol–water partition coefficient (Wildman–Crippen LogP) is 5.50. The maximum absolute atomic E-state index is 14.0. The second kappa shape index (κ2) is 12.4. The molecule has 1 N–H and O–H groups in total. The maximum Gasteiger partial charge on any atom is 0.244 e. The van der Waals surface area contributed by atoms with Crippen LogP contribution in [0.4, 0.5) is 5.69 Å². The summed E-state index contributed by atoms with van der Waals surface area (Å²) < 4.78 is 27.4. The monoisotopic (exact) mass is 593 g/mol. The highest BCUT2D eigenvalue weighted by atomic mass is 32.2. The van der Waals surface area contributed by atoms with Gasteiger partial charge in [-0.05, 0) is 97.3 Å². The Kier molecular flexibility index (Phi) is 9.02. The summed E-state index contributed by atoms with van der Waals surface area (Å²) in [6, 6.07) is 16.7. The van der Waals surface area contributed by atoms with E-state index in [1.807, 2.05) is 63.2 Å². The largest absolute Gasteiger partial charge is 0.354 e. The maximum atomic E-state index is 14.0. The van der Waals surface area contributed by atoms with E-state index in [-0.39, 0.29) is 30.3 Å². The van der Waals surface area contributed by atoms with E-state index >= 15 is 0 Å². The standard InChI is InChI=1S/C34H47N3O4S/c1-5-31(33(39)35-21-24(2)3)36(22-25-9-7-6-8-10-25)32(38)23-37(42(4,40)41)30-13-11-29(12-14-30)34-18-26-15-27(19-34)17-28(16-26)20-34/h6-14,24,26-28,31H,5,15-23H2,1-4H3,(H,35,39). The van der Waals surface area contributed by atoms with Crippen LogP contribution in [-0.2, 0) is 31.6 Å². The van der Waals surface area contributed by atoms with E-state index in [0.29, 0.717) is 18.7 Å². The van der Waals surface area contributed by atoms with Gasteiger partial charge in [0.2, 0.25) is 21.8 Å². The summed E-state index contributed by atoms with van der Waals surface area (Å²) in [5.74, 6) is 2.11. The highest BCUT2D eigenvalue weighted by molar-refractivity contribution is 7.92. The molecule has 8 heteroatoms. The molecule has 228 valence electrons. The average molecular weight is 594 g/mol. The molecule has 0 spiro atoms. The Morgan fingerprint density at radius 2 is 1.50 bits per heavy atom. The first-order valence-electron chi connectivity index (χ1n) is 15.7. The molecule has 6 rings (SSSR count). The normalized spacial score (nSPS) is 25.3. The van der Waals surface area contributed by atoms with E-state index in [9.17, 15) is 18.0 Å². The molecule has 2 amide bonds. The van der Waals surface area contributed by atoms with Gasteiger partial charge in [-0.3, -0.25) is 13.9 Å². The minimum absolute atomic E-state index is 0.212. The van der Waals surface area contributed by atoms with Crippen molar-refractivity contribution in [2.75, 3.05) is 23.7 Å². The van der Waals surface area contributed by atoms with Crippen molar-refractivity contribution in [3.05, 3.63) is 65.7 Å². The van der Waals surface area contributed by atoms with Crippen molar-refractivity contribution in [2.45, 2.75) is 83.7 Å². The highest BCUT2D eigenvalue weighted by Crippen LogP contribution is 2.60. The van der Waals surface area contributed by atoms with Gasteiger partial charge < -0.3 is 10.2 Å². The lowest BCUT2D eigenvalue weighted by Crippen LogP contribution is -2.52. The second-order valence-electron chi connectivity index (χ2n) is 13.6. The van der Waals surface area contributed by atoms with Crippen molar-refractivity contribution in [1.29, 1.82) is 0 Å². The highest BCUT2D eigenvalue weighted by Gasteiger charge is 2.51. The number of carbonyl (C=O) groups is 2. The predicted molar refractivity (Wildman–Crippen MR) is 167 cm³/mol. The molecule has 4 aliphatic rings. The Bertz CT molecular complexity index is 1320. The third-order valence-electron chi connectivity index (χ3n) is 9.75. The molecule has 0 saturated heterocycles. The van der Waals surface area contributed by atoms with Crippen molar-refractivity contribution < 1.29 is 18.0 Å². The molecular weight excluding hydrogens is 546 g/mol. The molecule has 4 bridgehead atoms. The van der Waals surface area contributed by atoms with E-state index in [0.717, 1.165) is 29.6 Å². The quantitative estimate of drug-likeness (QED) is 0.352. The number of nitrogens with one attached hydrogen (secondary N) is 1. The van der Waals surface area contributed by atoms with Gasteiger partial charge in [0, 0.05) is 13.1 Å². The molecule has 42 heavy (non-hydrogen) atoms. The van der Waals surface area contributed by atoms with Crippen LogP contribution < -0.4 is 9.62 Å². The van der Waals surface area contributed by atoms with Crippen LogP contribution >= 0.6 is 0 Å². The molecule has 2 aromatic carbocycles. The average Bonchev–Trinajstić information content (AvgIpc) is 2.94. The van der Waals surface area contributed by atoms with Gasteiger partial charge >= 0.3 is 0 Å². The zero-order valence-corrected chi connectivity index (χ0v) is 26.4. The number of rotatable bonds is 12. The minimum atomic E-state index is -3.77. The number of amides is 2. The lowest BCUT2D eigenvalue weighted by Gasteiger charge is -2.57. The van der Waals surface area contributed by atoms with E-state index in [1.165, 1.54) is 53.3 Å². The van der Waals surface area contributed by atoms with Crippen molar-refractivity contribution in [3.63, 3.8) is 0 Å². The first-order chi connectivity index (χ1) is 20.0. The first-order valence-corrected chi connectivity index (χ1v) is 17.5. The summed E-state index contributed by atoms with van der Waals surface area (Å²) in [5, 5.41) is 2.97. The smallest absolute Gasteiger partial charge is 0.244 e. The zero-order valence-electron chi connectivity index (χ0n) is 25.6. The van der Waals surface area contributed by atoms with Gasteiger partial charge in [-0.25, -0.2) is 8.42 Å². The number of carbonyl (C=O) groups excluding carboxylic acids is 2. The number of nitrogens with zero attached hydrogens (tertiary/aromatic N) is 2. The van der Waals surface area contributed by atoms with Gasteiger partial charge in [-0.2, -0.15) is 0 Å². The molecule has 4 aliphatic carbocycles. The fourth-order valence-corrected chi connectivity index (χ4v) is 9.03. The van der Waals surface area contributed by atoms with Gasteiger partial charge in [0.25, 0.3) is 0 Å². The second-order valence-corrected chi connectivity index (χ2v) is 15.5. The molecule has 0 aromatic heterocycles. The third-order valence-corrected chi connectivity index (χ3v) is 10.9. The van der Waals surface area contributed by atoms with Gasteiger partial charge in [-0.15, -0.1) is 0 Å². The Labute approximate surface area is 252 Å².